The molecule has 1 aromatic rings. The first kappa shape index (κ1) is 14.2. The van der Waals surface area contributed by atoms with Crippen molar-refractivity contribution in [2.24, 2.45) is 11.8 Å². The van der Waals surface area contributed by atoms with Gasteiger partial charge >= 0.3 is 0 Å². The van der Waals surface area contributed by atoms with Crippen LogP contribution in [0.1, 0.15) is 45.1 Å². The molecule has 2 aliphatic rings. The van der Waals surface area contributed by atoms with E-state index >= 15 is 0 Å². The predicted molar refractivity (Wildman–Crippen MR) is 79.4 cm³/mol. The highest BCUT2D eigenvalue weighted by atomic mass is 16.2. The number of rotatable bonds is 6. The van der Waals surface area contributed by atoms with Gasteiger partial charge in [0.15, 0.2) is 0 Å². The Labute approximate surface area is 125 Å². The molecule has 4 nitrogen and oxygen atoms in total. The van der Waals surface area contributed by atoms with Crippen molar-refractivity contribution >= 4 is 11.8 Å². The van der Waals surface area contributed by atoms with Crippen LogP contribution in [0.25, 0.3) is 0 Å². The lowest BCUT2D eigenvalue weighted by molar-refractivity contribution is -0.142. The molecule has 21 heavy (non-hydrogen) atoms. The predicted octanol–water partition coefficient (Wildman–Crippen LogP) is 2.53. The summed E-state index contributed by atoms with van der Waals surface area (Å²) < 4.78 is 0. The van der Waals surface area contributed by atoms with Crippen LogP contribution >= 0.6 is 0 Å². The maximum absolute atomic E-state index is 12.5. The maximum atomic E-state index is 12.5. The fraction of sp³-hybridized carbons (Fsp3) is 0.588. The molecule has 1 aliphatic carbocycles. The van der Waals surface area contributed by atoms with Crippen LogP contribution in [-0.2, 0) is 15.0 Å². The number of aromatic nitrogens is 1. The Morgan fingerprint density at radius 2 is 1.90 bits per heavy atom. The van der Waals surface area contributed by atoms with Crippen molar-refractivity contribution in [3.05, 3.63) is 30.1 Å². The van der Waals surface area contributed by atoms with Gasteiger partial charge in [-0.05, 0) is 18.1 Å². The topological polar surface area (TPSA) is 50.3 Å². The third-order valence-electron chi connectivity index (χ3n) is 5.10. The molecule has 3 rings (SSSR count). The van der Waals surface area contributed by atoms with Gasteiger partial charge in [0.2, 0.25) is 11.8 Å². The molecule has 2 heterocycles. The van der Waals surface area contributed by atoms with Gasteiger partial charge in [0.25, 0.3) is 0 Å². The number of unbranched alkanes of at least 4 members (excludes halogenated alkanes) is 3. The Morgan fingerprint density at radius 3 is 2.48 bits per heavy atom. The van der Waals surface area contributed by atoms with Crippen LogP contribution in [0, 0.1) is 11.8 Å². The van der Waals surface area contributed by atoms with Crippen molar-refractivity contribution in [2.75, 3.05) is 6.54 Å². The number of piperidine rings is 1. The standard InChI is InChI=1S/C17H22N2O2/c1-3-4-5-6-10-19-15(20)13-14(16(19)21)17(13,2)12-8-7-9-18-11-12/h7-9,11,13-14H,3-6,10H2,1-2H3. The van der Waals surface area contributed by atoms with Crippen molar-refractivity contribution in [1.82, 2.24) is 9.88 Å². The molecule has 0 radical (unpaired) electrons. The fourth-order valence-corrected chi connectivity index (χ4v) is 3.71. The molecule has 2 unspecified atom stereocenters. The number of imide groups is 1. The Kier molecular flexibility index (Phi) is 3.56. The van der Waals surface area contributed by atoms with E-state index in [0.717, 1.165) is 31.2 Å². The van der Waals surface area contributed by atoms with Gasteiger partial charge in [-0.2, -0.15) is 0 Å². The molecule has 4 heteroatoms. The largest absolute Gasteiger partial charge is 0.282 e. The Hall–Kier alpha value is -1.71. The van der Waals surface area contributed by atoms with Gasteiger partial charge in [0.05, 0.1) is 11.8 Å². The van der Waals surface area contributed by atoms with Crippen LogP contribution in [0.4, 0.5) is 0 Å². The van der Waals surface area contributed by atoms with E-state index in [4.69, 9.17) is 0 Å². The lowest BCUT2D eigenvalue weighted by atomic mass is 9.93. The number of pyridine rings is 1. The lowest BCUT2D eigenvalue weighted by Gasteiger charge is -2.22. The van der Waals surface area contributed by atoms with Crippen LogP contribution in [0.2, 0.25) is 0 Å². The number of carbonyl (C=O) groups is 2. The van der Waals surface area contributed by atoms with Gasteiger partial charge in [-0.25, -0.2) is 0 Å². The normalized spacial score (nSPS) is 30.7. The second-order valence-electron chi connectivity index (χ2n) is 6.37. The highest BCUT2D eigenvalue weighted by Gasteiger charge is 2.75. The first-order chi connectivity index (χ1) is 10.1. The van der Waals surface area contributed by atoms with Crippen LogP contribution in [0.5, 0.6) is 0 Å². The van der Waals surface area contributed by atoms with Crippen LogP contribution in [-0.4, -0.2) is 28.2 Å². The van der Waals surface area contributed by atoms with E-state index in [-0.39, 0.29) is 29.1 Å². The van der Waals surface area contributed by atoms with Gasteiger partial charge in [0, 0.05) is 24.4 Å². The van der Waals surface area contributed by atoms with E-state index in [9.17, 15) is 9.59 Å². The number of hydrogen-bond acceptors (Lipinski definition) is 3. The number of carbonyl (C=O) groups excluding carboxylic acids is 2. The number of nitrogens with zero attached hydrogens (tertiary/aromatic N) is 2. The highest BCUT2D eigenvalue weighted by molar-refractivity contribution is 6.11. The van der Waals surface area contributed by atoms with Crippen molar-refractivity contribution in [3.8, 4) is 0 Å². The molecule has 1 aliphatic heterocycles. The molecule has 1 saturated carbocycles. The Bertz CT molecular complexity index is 533. The van der Waals surface area contributed by atoms with E-state index in [0.29, 0.717) is 6.54 Å². The van der Waals surface area contributed by atoms with Gasteiger partial charge < -0.3 is 0 Å². The minimum Gasteiger partial charge on any atom is -0.282 e. The molecule has 0 bridgehead atoms. The van der Waals surface area contributed by atoms with E-state index in [2.05, 4.69) is 11.9 Å². The smallest absolute Gasteiger partial charge is 0.234 e. The average molecular weight is 286 g/mol. The summed E-state index contributed by atoms with van der Waals surface area (Å²) >= 11 is 0. The number of likely N-dealkylation sites (tertiary alicyclic amines) is 1. The number of hydrogen-bond donors (Lipinski definition) is 0. The highest BCUT2D eigenvalue weighted by Crippen LogP contribution is 2.64. The molecule has 0 N–H and O–H groups in total. The molecule has 112 valence electrons. The summed E-state index contributed by atoms with van der Waals surface area (Å²) in [7, 11) is 0. The first-order valence-corrected chi connectivity index (χ1v) is 7.88. The molecule has 1 saturated heterocycles. The third kappa shape index (κ3) is 2.08. The summed E-state index contributed by atoms with van der Waals surface area (Å²) in [5.74, 6) is -0.290. The zero-order valence-electron chi connectivity index (χ0n) is 12.7. The summed E-state index contributed by atoms with van der Waals surface area (Å²) in [5.41, 5.74) is 0.676. The van der Waals surface area contributed by atoms with Crippen molar-refractivity contribution < 1.29 is 9.59 Å². The third-order valence-corrected chi connectivity index (χ3v) is 5.10. The average Bonchev–Trinajstić information content (AvgIpc) is 3.05. The molecule has 0 aromatic carbocycles. The van der Waals surface area contributed by atoms with Gasteiger partial charge in [0.1, 0.15) is 0 Å². The van der Waals surface area contributed by atoms with Gasteiger partial charge in [-0.3, -0.25) is 19.5 Å². The van der Waals surface area contributed by atoms with Crippen molar-refractivity contribution in [3.63, 3.8) is 0 Å². The second kappa shape index (κ2) is 5.24. The Balaban J connectivity index is 1.68. The van der Waals surface area contributed by atoms with Gasteiger partial charge in [-0.15, -0.1) is 0 Å². The second-order valence-corrected chi connectivity index (χ2v) is 6.37. The van der Waals surface area contributed by atoms with Crippen molar-refractivity contribution in [1.29, 1.82) is 0 Å². The number of amides is 2. The number of fused-ring (bicyclic) bond motifs is 1. The summed E-state index contributed by atoms with van der Waals surface area (Å²) in [5, 5.41) is 0. The molecule has 1 aromatic heterocycles. The van der Waals surface area contributed by atoms with E-state index in [1.54, 1.807) is 12.4 Å². The first-order valence-electron chi connectivity index (χ1n) is 7.88. The fourth-order valence-electron chi connectivity index (χ4n) is 3.71. The molecular formula is C17H22N2O2. The summed E-state index contributed by atoms with van der Waals surface area (Å²) in [6, 6.07) is 3.84. The quantitative estimate of drug-likeness (QED) is 0.596. The molecule has 2 fully saturated rings. The molecule has 0 spiro atoms. The monoisotopic (exact) mass is 286 g/mol. The zero-order chi connectivity index (χ0) is 15.0. The lowest BCUT2D eigenvalue weighted by Crippen LogP contribution is -2.38. The van der Waals surface area contributed by atoms with Gasteiger partial charge in [-0.1, -0.05) is 39.2 Å². The van der Waals surface area contributed by atoms with Crippen LogP contribution in [0.15, 0.2) is 24.5 Å². The molecular weight excluding hydrogens is 264 g/mol. The summed E-state index contributed by atoms with van der Waals surface area (Å²) in [4.78, 5) is 30.6. The summed E-state index contributed by atoms with van der Waals surface area (Å²) in [6.45, 7) is 4.76. The molecule has 2 amide bonds. The van der Waals surface area contributed by atoms with Crippen LogP contribution < -0.4 is 0 Å². The maximum Gasteiger partial charge on any atom is 0.234 e. The minimum absolute atomic E-state index is 0.0212. The van der Waals surface area contributed by atoms with Crippen LogP contribution in [0.3, 0.4) is 0 Å². The van der Waals surface area contributed by atoms with E-state index in [1.807, 2.05) is 19.1 Å². The van der Waals surface area contributed by atoms with E-state index in [1.165, 1.54) is 4.90 Å². The SMILES string of the molecule is CCCCCCN1C(=O)C2C(C1=O)C2(C)c1cccnc1. The summed E-state index contributed by atoms with van der Waals surface area (Å²) in [6.07, 6.45) is 7.83. The van der Waals surface area contributed by atoms with Crippen molar-refractivity contribution in [2.45, 2.75) is 44.9 Å². The molecule has 2 atom stereocenters. The Morgan fingerprint density at radius 1 is 1.19 bits per heavy atom. The minimum atomic E-state index is -0.331. The van der Waals surface area contributed by atoms with E-state index < -0.39 is 0 Å². The zero-order valence-corrected chi connectivity index (χ0v) is 12.7.